The van der Waals surface area contributed by atoms with Crippen LogP contribution in [0.15, 0.2) is 22.3 Å². The smallest absolute Gasteiger partial charge is 0.341 e. The number of nitrogens with one attached hydrogen (secondary N) is 2. The molecule has 11 heteroatoms. The maximum Gasteiger partial charge on any atom is 0.341 e. The van der Waals surface area contributed by atoms with Crippen molar-refractivity contribution in [1.82, 2.24) is 10.9 Å². The molecule has 2 amide bonds. The predicted octanol–water partition coefficient (Wildman–Crippen LogP) is 1.14. The molecule has 2 aliphatic rings. The SMILES string of the molecule is COc1cc(C(C2C(=O)NN=C2C)C2C(=O)NN=C2C)cc(Cl)c1OCC(=O)O. The lowest BCUT2D eigenvalue weighted by Gasteiger charge is -2.28. The molecule has 0 radical (unpaired) electrons. The van der Waals surface area contributed by atoms with Crippen LogP contribution in [-0.2, 0) is 14.4 Å². The Balaban J connectivity index is 2.11. The Labute approximate surface area is 170 Å². The first kappa shape index (κ1) is 20.6. The number of carboxylic acid groups (broad SMARTS) is 1. The predicted molar refractivity (Wildman–Crippen MR) is 103 cm³/mol. The van der Waals surface area contributed by atoms with Gasteiger partial charge in [0, 0.05) is 17.3 Å². The summed E-state index contributed by atoms with van der Waals surface area (Å²) in [6, 6.07) is 3.11. The molecule has 3 rings (SSSR count). The normalized spacial score (nSPS) is 21.8. The first-order valence-electron chi connectivity index (χ1n) is 8.64. The molecule has 1 aromatic rings. The van der Waals surface area contributed by atoms with Crippen LogP contribution < -0.4 is 20.3 Å². The summed E-state index contributed by atoms with van der Waals surface area (Å²) in [7, 11) is 1.38. The van der Waals surface area contributed by atoms with Gasteiger partial charge in [0.15, 0.2) is 18.1 Å². The van der Waals surface area contributed by atoms with E-state index in [4.69, 9.17) is 26.2 Å². The van der Waals surface area contributed by atoms with Crippen molar-refractivity contribution in [1.29, 1.82) is 0 Å². The number of benzene rings is 1. The molecule has 29 heavy (non-hydrogen) atoms. The van der Waals surface area contributed by atoms with Gasteiger partial charge in [-0.3, -0.25) is 9.59 Å². The third kappa shape index (κ3) is 3.88. The Kier molecular flexibility index (Phi) is 5.73. The lowest BCUT2D eigenvalue weighted by Crippen LogP contribution is -2.38. The van der Waals surface area contributed by atoms with Crippen LogP contribution in [0, 0.1) is 11.8 Å². The average molecular weight is 423 g/mol. The number of aliphatic carboxylic acids is 1. The van der Waals surface area contributed by atoms with Crippen LogP contribution in [0.2, 0.25) is 5.02 Å². The molecule has 2 aliphatic heterocycles. The summed E-state index contributed by atoms with van der Waals surface area (Å²) in [6.45, 7) is 2.78. The number of carboxylic acids is 1. The molecule has 0 aromatic heterocycles. The van der Waals surface area contributed by atoms with E-state index in [2.05, 4.69) is 21.1 Å². The minimum absolute atomic E-state index is 0.0570. The van der Waals surface area contributed by atoms with E-state index in [0.717, 1.165) is 0 Å². The molecular weight excluding hydrogens is 404 g/mol. The Morgan fingerprint density at radius 1 is 1.17 bits per heavy atom. The largest absolute Gasteiger partial charge is 0.493 e. The number of nitrogens with zero attached hydrogens (tertiary/aromatic N) is 2. The Hall–Kier alpha value is -3.14. The number of hydrogen-bond acceptors (Lipinski definition) is 7. The molecule has 2 heterocycles. The van der Waals surface area contributed by atoms with Crippen molar-refractivity contribution in [3.05, 3.63) is 22.7 Å². The van der Waals surface area contributed by atoms with E-state index in [1.165, 1.54) is 13.2 Å². The van der Waals surface area contributed by atoms with Crippen LogP contribution in [-0.4, -0.2) is 48.0 Å². The molecule has 3 N–H and O–H groups in total. The van der Waals surface area contributed by atoms with Crippen LogP contribution >= 0.6 is 11.6 Å². The minimum Gasteiger partial charge on any atom is -0.493 e. The number of amides is 2. The highest BCUT2D eigenvalue weighted by molar-refractivity contribution is 6.32. The van der Waals surface area contributed by atoms with Crippen molar-refractivity contribution in [3.8, 4) is 11.5 Å². The zero-order chi connectivity index (χ0) is 21.3. The van der Waals surface area contributed by atoms with E-state index in [9.17, 15) is 14.4 Å². The summed E-state index contributed by atoms with van der Waals surface area (Å²) in [5.74, 6) is -3.73. The molecule has 0 bridgehead atoms. The van der Waals surface area contributed by atoms with Crippen LogP contribution in [0.3, 0.4) is 0 Å². The van der Waals surface area contributed by atoms with Gasteiger partial charge in [-0.25, -0.2) is 15.6 Å². The number of hydrazone groups is 2. The number of halogens is 1. The van der Waals surface area contributed by atoms with E-state index in [1.807, 2.05) is 0 Å². The number of rotatable bonds is 7. The van der Waals surface area contributed by atoms with E-state index >= 15 is 0 Å². The fourth-order valence-electron chi connectivity index (χ4n) is 3.57. The van der Waals surface area contributed by atoms with Crippen LogP contribution in [0.1, 0.15) is 25.3 Å². The van der Waals surface area contributed by atoms with Gasteiger partial charge in [-0.2, -0.15) is 10.2 Å². The maximum absolute atomic E-state index is 12.5. The molecule has 1 aromatic carbocycles. The molecule has 0 aliphatic carbocycles. The maximum atomic E-state index is 12.5. The highest BCUT2D eigenvalue weighted by atomic mass is 35.5. The van der Waals surface area contributed by atoms with Gasteiger partial charge < -0.3 is 14.6 Å². The quantitative estimate of drug-likeness (QED) is 0.602. The molecule has 0 saturated heterocycles. The van der Waals surface area contributed by atoms with Gasteiger partial charge in [0.1, 0.15) is 0 Å². The first-order valence-corrected chi connectivity index (χ1v) is 9.02. The van der Waals surface area contributed by atoms with Crippen LogP contribution in [0.4, 0.5) is 0 Å². The molecule has 0 fully saturated rings. The van der Waals surface area contributed by atoms with Crippen molar-refractivity contribution in [2.24, 2.45) is 22.0 Å². The highest BCUT2D eigenvalue weighted by Crippen LogP contribution is 2.44. The van der Waals surface area contributed by atoms with Gasteiger partial charge >= 0.3 is 5.97 Å². The second kappa shape index (κ2) is 8.08. The summed E-state index contributed by atoms with van der Waals surface area (Å²) >= 11 is 6.34. The number of carbonyl (C=O) groups is 3. The first-order chi connectivity index (χ1) is 13.7. The lowest BCUT2D eigenvalue weighted by atomic mass is 9.73. The van der Waals surface area contributed by atoms with Crippen molar-refractivity contribution in [2.75, 3.05) is 13.7 Å². The molecule has 2 atom stereocenters. The van der Waals surface area contributed by atoms with Gasteiger partial charge in [-0.05, 0) is 31.5 Å². The molecular formula is C18H19ClN4O6. The van der Waals surface area contributed by atoms with Crippen molar-refractivity contribution in [2.45, 2.75) is 19.8 Å². The minimum atomic E-state index is -1.17. The lowest BCUT2D eigenvalue weighted by molar-refractivity contribution is -0.139. The number of ether oxygens (including phenoxy) is 2. The second-order valence-corrected chi connectivity index (χ2v) is 7.06. The Bertz CT molecular complexity index is 907. The van der Waals surface area contributed by atoms with Crippen LogP contribution in [0.5, 0.6) is 11.5 Å². The summed E-state index contributed by atoms with van der Waals surface area (Å²) < 4.78 is 10.5. The highest BCUT2D eigenvalue weighted by Gasteiger charge is 2.46. The van der Waals surface area contributed by atoms with Gasteiger partial charge in [-0.1, -0.05) is 11.6 Å². The fraction of sp³-hybridized carbons (Fsp3) is 0.389. The number of carbonyl (C=O) groups excluding carboxylic acids is 2. The van der Waals surface area contributed by atoms with Crippen molar-refractivity contribution >= 4 is 40.8 Å². The summed E-state index contributed by atoms with van der Waals surface area (Å²) in [5, 5.41) is 16.9. The molecule has 10 nitrogen and oxygen atoms in total. The van der Waals surface area contributed by atoms with Crippen molar-refractivity contribution in [3.63, 3.8) is 0 Å². The fourth-order valence-corrected chi connectivity index (χ4v) is 3.85. The average Bonchev–Trinajstić information content (AvgIpc) is 3.17. The zero-order valence-corrected chi connectivity index (χ0v) is 16.6. The molecule has 2 unspecified atom stereocenters. The van der Waals surface area contributed by atoms with Gasteiger partial charge in [0.25, 0.3) is 0 Å². The topological polar surface area (TPSA) is 139 Å². The third-order valence-corrected chi connectivity index (χ3v) is 5.13. The Morgan fingerprint density at radius 3 is 2.14 bits per heavy atom. The Morgan fingerprint density at radius 2 is 1.72 bits per heavy atom. The van der Waals surface area contributed by atoms with E-state index in [1.54, 1.807) is 19.9 Å². The van der Waals surface area contributed by atoms with Crippen molar-refractivity contribution < 1.29 is 29.0 Å². The van der Waals surface area contributed by atoms with Crippen LogP contribution in [0.25, 0.3) is 0 Å². The van der Waals surface area contributed by atoms with E-state index in [-0.39, 0.29) is 28.3 Å². The molecule has 0 saturated carbocycles. The van der Waals surface area contributed by atoms with E-state index in [0.29, 0.717) is 17.0 Å². The van der Waals surface area contributed by atoms with E-state index < -0.39 is 30.3 Å². The zero-order valence-electron chi connectivity index (χ0n) is 15.9. The molecule has 0 spiro atoms. The standard InChI is InChI=1S/C18H19ClN4O6/c1-7-13(17(26)22-20-7)15(14-8(2)21-23-18(14)27)9-4-10(19)16(11(5-9)28-3)29-6-12(24)25/h4-5,13-15H,6H2,1-3H3,(H,22,26)(H,23,27)(H,24,25). The molecule has 154 valence electrons. The second-order valence-electron chi connectivity index (χ2n) is 6.66. The summed E-state index contributed by atoms with van der Waals surface area (Å²) in [4.78, 5) is 35.8. The van der Waals surface area contributed by atoms with Gasteiger partial charge in [-0.15, -0.1) is 0 Å². The third-order valence-electron chi connectivity index (χ3n) is 4.84. The summed E-state index contributed by atoms with van der Waals surface area (Å²) in [5.41, 5.74) is 6.44. The summed E-state index contributed by atoms with van der Waals surface area (Å²) in [6.07, 6.45) is 0. The number of hydrogen-bond donors (Lipinski definition) is 3. The van der Waals surface area contributed by atoms with Gasteiger partial charge in [0.2, 0.25) is 11.8 Å². The number of methoxy groups -OCH3 is 1. The van der Waals surface area contributed by atoms with Gasteiger partial charge in [0.05, 0.1) is 24.0 Å². The monoisotopic (exact) mass is 422 g/mol.